The Morgan fingerprint density at radius 2 is 2.31 bits per heavy atom. The number of rotatable bonds is 4. The first-order valence-electron chi connectivity index (χ1n) is 4.93. The van der Waals surface area contributed by atoms with Crippen molar-refractivity contribution in [1.29, 1.82) is 5.26 Å². The molecule has 0 aliphatic heterocycles. The number of nitro benzene ring substituents is 1. The van der Waals surface area contributed by atoms with E-state index in [9.17, 15) is 10.1 Å². The molecule has 5 heteroatoms. The number of nitro groups is 1. The first kappa shape index (κ1) is 12.0. The van der Waals surface area contributed by atoms with Crippen LogP contribution in [-0.4, -0.2) is 11.0 Å². The van der Waals surface area contributed by atoms with Crippen molar-refractivity contribution in [2.75, 3.05) is 0 Å². The van der Waals surface area contributed by atoms with E-state index in [1.807, 2.05) is 19.9 Å². The highest BCUT2D eigenvalue weighted by atomic mass is 16.6. The Morgan fingerprint density at radius 1 is 1.62 bits per heavy atom. The SMILES string of the molecule is CCC(C)Oc1ccc(C#N)cc1[N+](=O)[O-]. The summed E-state index contributed by atoms with van der Waals surface area (Å²) in [6, 6.07) is 6.04. The van der Waals surface area contributed by atoms with Gasteiger partial charge in [0.05, 0.1) is 22.7 Å². The van der Waals surface area contributed by atoms with Gasteiger partial charge in [-0.3, -0.25) is 10.1 Å². The maximum atomic E-state index is 10.8. The molecule has 0 saturated carbocycles. The molecule has 1 aromatic carbocycles. The number of nitriles is 1. The van der Waals surface area contributed by atoms with Crippen LogP contribution in [0.15, 0.2) is 18.2 Å². The van der Waals surface area contributed by atoms with Crippen LogP contribution in [0, 0.1) is 21.4 Å². The second-order valence-electron chi connectivity index (χ2n) is 3.39. The maximum absolute atomic E-state index is 10.8. The van der Waals surface area contributed by atoms with Gasteiger partial charge in [0, 0.05) is 6.07 Å². The van der Waals surface area contributed by atoms with Crippen LogP contribution in [0.25, 0.3) is 0 Å². The third kappa shape index (κ3) is 2.70. The third-order valence-electron chi connectivity index (χ3n) is 2.19. The van der Waals surface area contributed by atoms with Gasteiger partial charge in [-0.25, -0.2) is 0 Å². The molecule has 0 spiro atoms. The molecule has 1 unspecified atom stereocenters. The lowest BCUT2D eigenvalue weighted by molar-refractivity contribution is -0.386. The van der Waals surface area contributed by atoms with Gasteiger partial charge in [-0.2, -0.15) is 5.26 Å². The van der Waals surface area contributed by atoms with Crippen LogP contribution in [0.1, 0.15) is 25.8 Å². The van der Waals surface area contributed by atoms with Crippen LogP contribution in [0.4, 0.5) is 5.69 Å². The molecular formula is C11H12N2O3. The summed E-state index contributed by atoms with van der Waals surface area (Å²) in [4.78, 5) is 10.2. The molecule has 5 nitrogen and oxygen atoms in total. The number of nitrogens with zero attached hydrogens (tertiary/aromatic N) is 2. The van der Waals surface area contributed by atoms with E-state index >= 15 is 0 Å². The van der Waals surface area contributed by atoms with Crippen LogP contribution < -0.4 is 4.74 Å². The first-order chi connectivity index (χ1) is 7.58. The summed E-state index contributed by atoms with van der Waals surface area (Å²) in [7, 11) is 0. The van der Waals surface area contributed by atoms with E-state index in [0.717, 1.165) is 6.42 Å². The monoisotopic (exact) mass is 220 g/mol. The van der Waals surface area contributed by atoms with E-state index in [1.165, 1.54) is 18.2 Å². The highest BCUT2D eigenvalue weighted by Gasteiger charge is 2.17. The van der Waals surface area contributed by atoms with Crippen molar-refractivity contribution >= 4 is 5.69 Å². The summed E-state index contributed by atoms with van der Waals surface area (Å²) >= 11 is 0. The molecule has 0 N–H and O–H groups in total. The standard InChI is InChI=1S/C11H12N2O3/c1-3-8(2)16-11-5-4-9(7-12)6-10(11)13(14)15/h4-6,8H,3H2,1-2H3. The third-order valence-corrected chi connectivity index (χ3v) is 2.19. The molecule has 0 saturated heterocycles. The fourth-order valence-electron chi connectivity index (χ4n) is 1.13. The summed E-state index contributed by atoms with van der Waals surface area (Å²) in [6.45, 7) is 3.77. The van der Waals surface area contributed by atoms with Crippen molar-refractivity contribution in [3.63, 3.8) is 0 Å². The minimum absolute atomic E-state index is 0.0911. The van der Waals surface area contributed by atoms with Crippen molar-refractivity contribution in [3.8, 4) is 11.8 Å². The minimum atomic E-state index is -0.543. The van der Waals surface area contributed by atoms with Crippen LogP contribution in [0.3, 0.4) is 0 Å². The van der Waals surface area contributed by atoms with Gasteiger partial charge in [0.25, 0.3) is 0 Å². The Bertz CT molecular complexity index is 437. The predicted octanol–water partition coefficient (Wildman–Crippen LogP) is 2.64. The normalized spacial score (nSPS) is 11.6. The number of hydrogen-bond donors (Lipinski definition) is 0. The molecule has 84 valence electrons. The van der Waals surface area contributed by atoms with Gasteiger partial charge in [-0.05, 0) is 25.5 Å². The topological polar surface area (TPSA) is 76.2 Å². The summed E-state index contributed by atoms with van der Waals surface area (Å²) in [5, 5.41) is 19.4. The number of benzene rings is 1. The highest BCUT2D eigenvalue weighted by Crippen LogP contribution is 2.28. The lowest BCUT2D eigenvalue weighted by Crippen LogP contribution is -2.11. The minimum Gasteiger partial charge on any atom is -0.484 e. The summed E-state index contributed by atoms with van der Waals surface area (Å²) < 4.78 is 5.40. The zero-order valence-corrected chi connectivity index (χ0v) is 9.14. The lowest BCUT2D eigenvalue weighted by atomic mass is 10.2. The summed E-state index contributed by atoms with van der Waals surface area (Å²) in [6.07, 6.45) is 0.670. The lowest BCUT2D eigenvalue weighted by Gasteiger charge is -2.12. The second kappa shape index (κ2) is 5.12. The quantitative estimate of drug-likeness (QED) is 0.577. The average molecular weight is 220 g/mol. The zero-order valence-electron chi connectivity index (χ0n) is 9.14. The molecule has 0 fully saturated rings. The van der Waals surface area contributed by atoms with Gasteiger partial charge in [0.2, 0.25) is 0 Å². The summed E-state index contributed by atoms with van der Waals surface area (Å²) in [5.41, 5.74) is 0.0857. The van der Waals surface area contributed by atoms with Gasteiger partial charge in [0.15, 0.2) is 5.75 Å². The largest absolute Gasteiger partial charge is 0.484 e. The van der Waals surface area contributed by atoms with Crippen LogP contribution >= 0.6 is 0 Å². The molecule has 1 rings (SSSR count). The van der Waals surface area contributed by atoms with Crippen molar-refractivity contribution in [2.45, 2.75) is 26.4 Å². The summed E-state index contributed by atoms with van der Waals surface area (Å²) in [5.74, 6) is 0.207. The van der Waals surface area contributed by atoms with Gasteiger partial charge in [0.1, 0.15) is 0 Å². The van der Waals surface area contributed by atoms with Gasteiger partial charge < -0.3 is 4.74 Å². The Kier molecular flexibility index (Phi) is 3.84. The van der Waals surface area contributed by atoms with Crippen LogP contribution in [-0.2, 0) is 0 Å². The van der Waals surface area contributed by atoms with Gasteiger partial charge in [-0.15, -0.1) is 0 Å². The molecule has 0 radical (unpaired) electrons. The molecule has 1 aromatic rings. The Labute approximate surface area is 93.4 Å². The maximum Gasteiger partial charge on any atom is 0.312 e. The number of ether oxygens (including phenoxy) is 1. The fraction of sp³-hybridized carbons (Fsp3) is 0.364. The predicted molar refractivity (Wildman–Crippen MR) is 58.2 cm³/mol. The van der Waals surface area contributed by atoms with Crippen molar-refractivity contribution < 1.29 is 9.66 Å². The van der Waals surface area contributed by atoms with Crippen molar-refractivity contribution in [2.24, 2.45) is 0 Å². The van der Waals surface area contributed by atoms with Gasteiger partial charge in [-0.1, -0.05) is 6.92 Å². The second-order valence-corrected chi connectivity index (χ2v) is 3.39. The molecule has 16 heavy (non-hydrogen) atoms. The van der Waals surface area contributed by atoms with E-state index < -0.39 is 4.92 Å². The Balaban J connectivity index is 3.09. The average Bonchev–Trinajstić information content (AvgIpc) is 2.29. The van der Waals surface area contributed by atoms with Crippen molar-refractivity contribution in [3.05, 3.63) is 33.9 Å². The molecule has 0 amide bonds. The number of hydrogen-bond acceptors (Lipinski definition) is 4. The molecule has 0 aliphatic rings. The molecular weight excluding hydrogens is 208 g/mol. The highest BCUT2D eigenvalue weighted by molar-refractivity contribution is 5.51. The first-order valence-corrected chi connectivity index (χ1v) is 4.93. The van der Waals surface area contributed by atoms with Crippen LogP contribution in [0.5, 0.6) is 5.75 Å². The van der Waals surface area contributed by atoms with E-state index in [1.54, 1.807) is 0 Å². The van der Waals surface area contributed by atoms with E-state index in [4.69, 9.17) is 10.00 Å². The van der Waals surface area contributed by atoms with E-state index in [2.05, 4.69) is 0 Å². The van der Waals surface area contributed by atoms with Crippen LogP contribution in [0.2, 0.25) is 0 Å². The molecule has 1 atom stereocenters. The van der Waals surface area contributed by atoms with Gasteiger partial charge >= 0.3 is 5.69 Å². The van der Waals surface area contributed by atoms with Crippen molar-refractivity contribution in [1.82, 2.24) is 0 Å². The molecule has 0 bridgehead atoms. The van der Waals surface area contributed by atoms with E-state index in [0.29, 0.717) is 0 Å². The Hall–Kier alpha value is -2.09. The fourth-order valence-corrected chi connectivity index (χ4v) is 1.13. The zero-order chi connectivity index (χ0) is 12.1. The molecule has 0 aliphatic carbocycles. The molecule has 0 aromatic heterocycles. The van der Waals surface area contributed by atoms with E-state index in [-0.39, 0.29) is 23.1 Å². The molecule has 0 heterocycles. The Morgan fingerprint density at radius 3 is 2.81 bits per heavy atom. The smallest absolute Gasteiger partial charge is 0.312 e.